The summed E-state index contributed by atoms with van der Waals surface area (Å²) >= 11 is 0. The summed E-state index contributed by atoms with van der Waals surface area (Å²) in [5.41, 5.74) is 2.41. The van der Waals surface area contributed by atoms with E-state index in [1.54, 1.807) is 29.1 Å². The van der Waals surface area contributed by atoms with Crippen LogP contribution in [-0.4, -0.2) is 25.6 Å². The number of fused-ring (bicyclic) bond motifs is 1. The molecule has 2 amide bonds. The second kappa shape index (κ2) is 8.88. The number of nitrogens with zero attached hydrogens (tertiary/aromatic N) is 4. The first-order chi connectivity index (χ1) is 17.2. The van der Waals surface area contributed by atoms with E-state index in [0.717, 1.165) is 23.3 Å². The maximum Gasteiger partial charge on any atom is 0.325 e. The van der Waals surface area contributed by atoms with Crippen LogP contribution in [0.15, 0.2) is 71.8 Å². The maximum atomic E-state index is 14.9. The van der Waals surface area contributed by atoms with Crippen LogP contribution in [0.1, 0.15) is 26.5 Å². The van der Waals surface area contributed by atoms with Gasteiger partial charge in [0.1, 0.15) is 28.7 Å². The van der Waals surface area contributed by atoms with Crippen molar-refractivity contribution in [2.45, 2.75) is 26.2 Å². The zero-order valence-corrected chi connectivity index (χ0v) is 19.7. The summed E-state index contributed by atoms with van der Waals surface area (Å²) in [4.78, 5) is 20.7. The third kappa shape index (κ3) is 4.52. The Kier molecular flexibility index (Phi) is 5.71. The fourth-order valence-electron chi connectivity index (χ4n) is 3.71. The Morgan fingerprint density at radius 3 is 2.33 bits per heavy atom. The molecule has 0 unspecified atom stereocenters. The van der Waals surface area contributed by atoms with Crippen molar-refractivity contribution in [3.8, 4) is 22.4 Å². The highest BCUT2D eigenvalue weighted by Crippen LogP contribution is 2.30. The van der Waals surface area contributed by atoms with Gasteiger partial charge in [0.2, 0.25) is 0 Å². The molecule has 4 aromatic heterocycles. The van der Waals surface area contributed by atoms with Crippen molar-refractivity contribution >= 4 is 23.2 Å². The van der Waals surface area contributed by atoms with E-state index in [-0.39, 0.29) is 16.8 Å². The Morgan fingerprint density at radius 2 is 1.67 bits per heavy atom. The molecule has 0 bridgehead atoms. The highest BCUT2D eigenvalue weighted by atomic mass is 19.1. The number of aromatic nitrogens is 4. The lowest BCUT2D eigenvalue weighted by Crippen LogP contribution is -2.21. The van der Waals surface area contributed by atoms with Crippen molar-refractivity contribution in [2.75, 3.05) is 10.6 Å². The largest absolute Gasteiger partial charge is 0.359 e. The van der Waals surface area contributed by atoms with E-state index >= 15 is 0 Å². The van der Waals surface area contributed by atoms with Crippen LogP contribution in [0.2, 0.25) is 0 Å². The van der Waals surface area contributed by atoms with Crippen LogP contribution in [-0.2, 0) is 5.41 Å². The van der Waals surface area contributed by atoms with Crippen LogP contribution in [0.3, 0.4) is 0 Å². The molecule has 0 aliphatic heterocycles. The van der Waals surface area contributed by atoms with Gasteiger partial charge in [-0.2, -0.15) is 0 Å². The molecule has 8 nitrogen and oxygen atoms in total. The second-order valence-corrected chi connectivity index (χ2v) is 9.24. The molecule has 0 aliphatic carbocycles. The average Bonchev–Trinajstić information content (AvgIpc) is 3.48. The number of hydrogen-bond donors (Lipinski definition) is 2. The molecule has 0 saturated heterocycles. The number of carbonyl (C=O) groups excluding carboxylic acids is 1. The number of nitrogens with one attached hydrogen (secondary N) is 2. The van der Waals surface area contributed by atoms with Crippen LogP contribution in [0.4, 0.5) is 25.1 Å². The van der Waals surface area contributed by atoms with Gasteiger partial charge in [0.15, 0.2) is 5.82 Å². The predicted molar refractivity (Wildman–Crippen MR) is 132 cm³/mol. The zero-order chi connectivity index (χ0) is 25.4. The van der Waals surface area contributed by atoms with Crippen molar-refractivity contribution in [3.63, 3.8) is 0 Å². The smallest absolute Gasteiger partial charge is 0.325 e. The molecule has 4 heterocycles. The summed E-state index contributed by atoms with van der Waals surface area (Å²) in [5, 5.41) is 8.38. The number of hydrogen-bond acceptors (Lipinski definition) is 5. The van der Waals surface area contributed by atoms with E-state index < -0.39 is 23.4 Å². The molecular formula is C26H22F2N6O2. The SMILES string of the molecule is CC(C)(C)c1cc(NC(=O)Nc2c(F)cc(-c3cnc4cc(-c5ccncc5)ccn34)cc2F)no1. The van der Waals surface area contributed by atoms with Crippen molar-refractivity contribution in [1.29, 1.82) is 0 Å². The molecule has 36 heavy (non-hydrogen) atoms. The van der Waals surface area contributed by atoms with E-state index in [4.69, 9.17) is 4.52 Å². The average molecular weight is 488 g/mol. The third-order valence-electron chi connectivity index (χ3n) is 5.59. The van der Waals surface area contributed by atoms with Gasteiger partial charge in [-0.1, -0.05) is 25.9 Å². The van der Waals surface area contributed by atoms with Crippen LogP contribution in [0.5, 0.6) is 0 Å². The van der Waals surface area contributed by atoms with Gasteiger partial charge in [-0.05, 0) is 47.5 Å². The topological polar surface area (TPSA) is 97.3 Å². The molecule has 1 aromatic carbocycles. The van der Waals surface area contributed by atoms with Crippen molar-refractivity contribution < 1.29 is 18.1 Å². The quantitative estimate of drug-likeness (QED) is 0.311. The van der Waals surface area contributed by atoms with Crippen molar-refractivity contribution in [2.24, 2.45) is 0 Å². The van der Waals surface area contributed by atoms with Gasteiger partial charge < -0.3 is 9.84 Å². The second-order valence-electron chi connectivity index (χ2n) is 9.24. The summed E-state index contributed by atoms with van der Waals surface area (Å²) in [7, 11) is 0. The Balaban J connectivity index is 1.37. The van der Waals surface area contributed by atoms with Gasteiger partial charge in [0.05, 0.1) is 11.9 Å². The fourth-order valence-corrected chi connectivity index (χ4v) is 3.71. The maximum absolute atomic E-state index is 14.9. The summed E-state index contributed by atoms with van der Waals surface area (Å²) < 4.78 is 36.7. The number of anilines is 2. The van der Waals surface area contributed by atoms with E-state index in [1.165, 1.54) is 6.20 Å². The molecule has 2 N–H and O–H groups in total. The first kappa shape index (κ1) is 23.2. The molecular weight excluding hydrogens is 466 g/mol. The number of carbonyl (C=O) groups is 1. The van der Waals surface area contributed by atoms with Gasteiger partial charge in [-0.15, -0.1) is 0 Å². The zero-order valence-electron chi connectivity index (χ0n) is 19.7. The van der Waals surface area contributed by atoms with E-state index in [1.807, 2.05) is 45.0 Å². The van der Waals surface area contributed by atoms with Crippen molar-refractivity contribution in [3.05, 3.63) is 84.6 Å². The molecule has 0 spiro atoms. The van der Waals surface area contributed by atoms with Gasteiger partial charge in [-0.3, -0.25) is 14.7 Å². The molecule has 0 aliphatic rings. The Bertz CT molecular complexity index is 1550. The van der Waals surface area contributed by atoms with E-state index in [9.17, 15) is 13.6 Å². The molecule has 0 saturated carbocycles. The fraction of sp³-hybridized carbons (Fsp3) is 0.154. The monoisotopic (exact) mass is 488 g/mol. The standard InChI is InChI=1S/C26H22F2N6O2/c1-26(2,3)21-13-22(33-36-21)31-25(35)32-24-18(27)10-17(11-19(24)28)20-14-30-23-12-16(6-9-34(20)23)15-4-7-29-8-5-15/h4-14H,1-3H3,(H2,31,32,33,35). The lowest BCUT2D eigenvalue weighted by Gasteiger charge is -2.12. The van der Waals surface area contributed by atoms with Crippen LogP contribution in [0.25, 0.3) is 28.0 Å². The third-order valence-corrected chi connectivity index (χ3v) is 5.59. The number of rotatable bonds is 4. The van der Waals surface area contributed by atoms with Gasteiger partial charge in [0, 0.05) is 35.6 Å². The number of halogens is 2. The Hall–Kier alpha value is -4.60. The number of benzene rings is 1. The normalized spacial score (nSPS) is 11.6. The summed E-state index contributed by atoms with van der Waals surface area (Å²) in [6, 6.07) is 10.5. The first-order valence-electron chi connectivity index (χ1n) is 11.1. The molecule has 5 rings (SSSR count). The number of urea groups is 1. The minimum Gasteiger partial charge on any atom is -0.359 e. The van der Waals surface area contributed by atoms with E-state index in [0.29, 0.717) is 17.1 Å². The van der Waals surface area contributed by atoms with Gasteiger partial charge >= 0.3 is 6.03 Å². The highest BCUT2D eigenvalue weighted by molar-refractivity contribution is 5.99. The highest BCUT2D eigenvalue weighted by Gasteiger charge is 2.21. The van der Waals surface area contributed by atoms with Crippen LogP contribution < -0.4 is 10.6 Å². The molecule has 0 radical (unpaired) electrons. The predicted octanol–water partition coefficient (Wildman–Crippen LogP) is 6.27. The molecule has 0 fully saturated rings. The minimum atomic E-state index is -0.931. The summed E-state index contributed by atoms with van der Waals surface area (Å²) in [6.07, 6.45) is 6.73. The van der Waals surface area contributed by atoms with Crippen molar-refractivity contribution in [1.82, 2.24) is 19.5 Å². The lowest BCUT2D eigenvalue weighted by molar-refractivity contribution is 0.261. The summed E-state index contributed by atoms with van der Waals surface area (Å²) in [6.45, 7) is 5.77. The molecule has 10 heteroatoms. The minimum absolute atomic E-state index is 0.131. The van der Waals surface area contributed by atoms with Gasteiger partial charge in [-0.25, -0.2) is 18.6 Å². The number of pyridine rings is 2. The first-order valence-corrected chi connectivity index (χ1v) is 11.1. The molecule has 0 atom stereocenters. The number of amides is 2. The van der Waals surface area contributed by atoms with Crippen LogP contribution in [0, 0.1) is 11.6 Å². The van der Waals surface area contributed by atoms with Crippen LogP contribution >= 0.6 is 0 Å². The summed E-state index contributed by atoms with van der Waals surface area (Å²) in [5.74, 6) is -1.18. The number of imidazole rings is 1. The Labute approximate surface area is 205 Å². The lowest BCUT2D eigenvalue weighted by atomic mass is 9.93. The Morgan fingerprint density at radius 1 is 0.944 bits per heavy atom. The van der Waals surface area contributed by atoms with Gasteiger partial charge in [0.25, 0.3) is 0 Å². The van der Waals surface area contributed by atoms with E-state index in [2.05, 4.69) is 25.8 Å². The molecule has 5 aromatic rings. The molecule has 182 valence electrons.